The van der Waals surface area contributed by atoms with Crippen LogP contribution in [0, 0.1) is 0 Å². The van der Waals surface area contributed by atoms with E-state index in [9.17, 15) is 9.59 Å². The lowest BCUT2D eigenvalue weighted by Gasteiger charge is -2.23. The first kappa shape index (κ1) is 17.9. The van der Waals surface area contributed by atoms with Crippen LogP contribution >= 0.6 is 0 Å². The molecule has 6 heteroatoms. The molecule has 0 aliphatic heterocycles. The number of carboxylic acid groups (broad SMARTS) is 2. The zero-order valence-corrected chi connectivity index (χ0v) is 12.0. The molecule has 2 N–H and O–H groups in total. The first-order valence-corrected chi connectivity index (χ1v) is 6.87. The fraction of sp³-hybridized carbons (Fsp3) is 0.846. The maximum Gasteiger partial charge on any atom is 0.304 e. The van der Waals surface area contributed by atoms with Crippen molar-refractivity contribution in [3.8, 4) is 0 Å². The van der Waals surface area contributed by atoms with E-state index >= 15 is 0 Å². The Bertz CT molecular complexity index is 249. The molecule has 0 saturated heterocycles. The van der Waals surface area contributed by atoms with Gasteiger partial charge in [0, 0.05) is 13.1 Å². The molecule has 0 aromatic carbocycles. The van der Waals surface area contributed by atoms with Crippen molar-refractivity contribution < 1.29 is 19.8 Å². The number of rotatable bonds is 12. The number of carbonyl (C=O) groups is 2. The van der Waals surface area contributed by atoms with E-state index in [0.29, 0.717) is 13.1 Å². The summed E-state index contributed by atoms with van der Waals surface area (Å²) in [6.45, 7) is 8.76. The first-order valence-electron chi connectivity index (χ1n) is 6.87. The molecule has 112 valence electrons. The zero-order valence-electron chi connectivity index (χ0n) is 12.0. The van der Waals surface area contributed by atoms with E-state index in [1.807, 2.05) is 4.90 Å². The molecule has 0 rings (SSSR count). The quantitative estimate of drug-likeness (QED) is 0.552. The molecule has 0 aliphatic rings. The standard InChI is InChI=1S/C13H26N2O4/c1-3-14(4-2)8-5-9-15(10-6-12(16)17)11-7-13(18)19/h3-11H2,1-2H3,(H,16,17)(H,18,19). The summed E-state index contributed by atoms with van der Waals surface area (Å²) in [5.74, 6) is -1.69. The highest BCUT2D eigenvalue weighted by Crippen LogP contribution is 1.99. The predicted molar refractivity (Wildman–Crippen MR) is 73.4 cm³/mol. The molecule has 19 heavy (non-hydrogen) atoms. The van der Waals surface area contributed by atoms with Gasteiger partial charge in [0.05, 0.1) is 12.8 Å². The molecule has 6 nitrogen and oxygen atoms in total. The van der Waals surface area contributed by atoms with E-state index in [0.717, 1.165) is 32.6 Å². The van der Waals surface area contributed by atoms with Crippen LogP contribution in [0.4, 0.5) is 0 Å². The van der Waals surface area contributed by atoms with E-state index < -0.39 is 11.9 Å². The Kier molecular flexibility index (Phi) is 10.1. The topological polar surface area (TPSA) is 81.1 Å². The van der Waals surface area contributed by atoms with Crippen LogP contribution in [-0.4, -0.2) is 71.2 Å². The van der Waals surface area contributed by atoms with Gasteiger partial charge in [-0.15, -0.1) is 0 Å². The molecular weight excluding hydrogens is 248 g/mol. The summed E-state index contributed by atoms with van der Waals surface area (Å²) in [7, 11) is 0. The van der Waals surface area contributed by atoms with Gasteiger partial charge in [-0.25, -0.2) is 0 Å². The van der Waals surface area contributed by atoms with Crippen LogP contribution in [-0.2, 0) is 9.59 Å². The van der Waals surface area contributed by atoms with Gasteiger partial charge in [-0.3, -0.25) is 9.59 Å². The maximum atomic E-state index is 10.6. The van der Waals surface area contributed by atoms with Crippen molar-refractivity contribution in [1.29, 1.82) is 0 Å². The highest BCUT2D eigenvalue weighted by molar-refractivity contribution is 5.67. The molecule has 0 saturated carbocycles. The van der Waals surface area contributed by atoms with Gasteiger partial charge >= 0.3 is 11.9 Å². The van der Waals surface area contributed by atoms with Crippen LogP contribution in [0.25, 0.3) is 0 Å². The third-order valence-electron chi connectivity index (χ3n) is 3.13. The third kappa shape index (κ3) is 10.5. The van der Waals surface area contributed by atoms with Crippen molar-refractivity contribution >= 4 is 11.9 Å². The molecule has 0 aromatic rings. The van der Waals surface area contributed by atoms with Crippen molar-refractivity contribution in [1.82, 2.24) is 9.80 Å². The summed E-state index contributed by atoms with van der Waals surface area (Å²) in [6, 6.07) is 0. The molecule has 0 bridgehead atoms. The van der Waals surface area contributed by atoms with Gasteiger partial charge in [-0.05, 0) is 32.6 Å². The largest absolute Gasteiger partial charge is 0.481 e. The van der Waals surface area contributed by atoms with Gasteiger partial charge in [0.1, 0.15) is 0 Å². The van der Waals surface area contributed by atoms with Crippen LogP contribution in [0.5, 0.6) is 0 Å². The van der Waals surface area contributed by atoms with Crippen molar-refractivity contribution in [3.05, 3.63) is 0 Å². The Morgan fingerprint density at radius 1 is 0.789 bits per heavy atom. The van der Waals surface area contributed by atoms with Crippen LogP contribution in [0.2, 0.25) is 0 Å². The molecule has 0 spiro atoms. The smallest absolute Gasteiger partial charge is 0.304 e. The molecule has 0 fully saturated rings. The van der Waals surface area contributed by atoms with Crippen LogP contribution in [0.15, 0.2) is 0 Å². The van der Waals surface area contributed by atoms with Gasteiger partial charge in [-0.2, -0.15) is 0 Å². The Hall–Kier alpha value is -1.14. The number of hydrogen-bond donors (Lipinski definition) is 2. The van der Waals surface area contributed by atoms with E-state index in [4.69, 9.17) is 10.2 Å². The molecule has 0 aliphatic carbocycles. The maximum absolute atomic E-state index is 10.6. The average Bonchev–Trinajstić information content (AvgIpc) is 2.36. The molecular formula is C13H26N2O4. The monoisotopic (exact) mass is 274 g/mol. The lowest BCUT2D eigenvalue weighted by atomic mass is 10.3. The SMILES string of the molecule is CCN(CC)CCCN(CCC(=O)O)CCC(=O)O. The fourth-order valence-corrected chi connectivity index (χ4v) is 1.90. The van der Waals surface area contributed by atoms with E-state index in [2.05, 4.69) is 18.7 Å². The number of aliphatic carboxylic acids is 2. The average molecular weight is 274 g/mol. The van der Waals surface area contributed by atoms with E-state index in [1.165, 1.54) is 0 Å². The minimum atomic E-state index is -0.843. The van der Waals surface area contributed by atoms with Crippen molar-refractivity contribution in [2.75, 3.05) is 39.3 Å². The van der Waals surface area contributed by atoms with Crippen molar-refractivity contribution in [2.24, 2.45) is 0 Å². The Morgan fingerprint density at radius 3 is 1.58 bits per heavy atom. The molecule has 0 radical (unpaired) electrons. The predicted octanol–water partition coefficient (Wildman–Crippen LogP) is 0.970. The summed E-state index contributed by atoms with van der Waals surface area (Å²) < 4.78 is 0. The zero-order chi connectivity index (χ0) is 14.7. The second kappa shape index (κ2) is 10.8. The number of hydrogen-bond acceptors (Lipinski definition) is 4. The fourth-order valence-electron chi connectivity index (χ4n) is 1.90. The van der Waals surface area contributed by atoms with Gasteiger partial charge in [0.2, 0.25) is 0 Å². The van der Waals surface area contributed by atoms with E-state index in [1.54, 1.807) is 0 Å². The summed E-state index contributed by atoms with van der Waals surface area (Å²) in [6.07, 6.45) is 1.05. The molecule has 0 amide bonds. The molecule has 0 unspecified atom stereocenters. The lowest BCUT2D eigenvalue weighted by molar-refractivity contribution is -0.137. The van der Waals surface area contributed by atoms with Crippen LogP contribution in [0.1, 0.15) is 33.1 Å². The Labute approximate surface area is 115 Å². The van der Waals surface area contributed by atoms with Gasteiger partial charge < -0.3 is 20.0 Å². The molecule has 0 atom stereocenters. The minimum absolute atomic E-state index is 0.0604. The summed E-state index contributed by atoms with van der Waals surface area (Å²) in [4.78, 5) is 25.4. The highest BCUT2D eigenvalue weighted by atomic mass is 16.4. The summed E-state index contributed by atoms with van der Waals surface area (Å²) >= 11 is 0. The normalized spacial score (nSPS) is 11.2. The lowest BCUT2D eigenvalue weighted by Crippen LogP contribution is -2.33. The number of carboxylic acids is 2. The second-order valence-corrected chi connectivity index (χ2v) is 4.51. The molecule has 0 aromatic heterocycles. The molecule has 0 heterocycles. The second-order valence-electron chi connectivity index (χ2n) is 4.51. The van der Waals surface area contributed by atoms with Gasteiger partial charge in [0.25, 0.3) is 0 Å². The van der Waals surface area contributed by atoms with Crippen molar-refractivity contribution in [2.45, 2.75) is 33.1 Å². The van der Waals surface area contributed by atoms with Gasteiger partial charge in [-0.1, -0.05) is 13.8 Å². The third-order valence-corrected chi connectivity index (χ3v) is 3.13. The number of nitrogens with zero attached hydrogens (tertiary/aromatic N) is 2. The Morgan fingerprint density at radius 2 is 1.21 bits per heavy atom. The first-order chi connectivity index (χ1) is 8.99. The summed E-state index contributed by atoms with van der Waals surface area (Å²) in [5.41, 5.74) is 0. The highest BCUT2D eigenvalue weighted by Gasteiger charge is 2.10. The summed E-state index contributed by atoms with van der Waals surface area (Å²) in [5, 5.41) is 17.4. The minimum Gasteiger partial charge on any atom is -0.481 e. The van der Waals surface area contributed by atoms with Crippen LogP contribution in [0.3, 0.4) is 0 Å². The van der Waals surface area contributed by atoms with Crippen molar-refractivity contribution in [3.63, 3.8) is 0 Å². The van der Waals surface area contributed by atoms with E-state index in [-0.39, 0.29) is 12.8 Å². The van der Waals surface area contributed by atoms with Crippen LogP contribution < -0.4 is 0 Å². The Balaban J connectivity index is 4.02. The van der Waals surface area contributed by atoms with Gasteiger partial charge in [0.15, 0.2) is 0 Å².